The Labute approximate surface area is 129 Å². The van der Waals surface area contributed by atoms with Crippen LogP contribution in [-0.4, -0.2) is 21.9 Å². The van der Waals surface area contributed by atoms with E-state index in [9.17, 15) is 4.79 Å². The lowest BCUT2D eigenvalue weighted by Gasteiger charge is -2.03. The van der Waals surface area contributed by atoms with E-state index in [0.29, 0.717) is 0 Å². The van der Waals surface area contributed by atoms with Crippen molar-refractivity contribution in [2.75, 3.05) is 11.6 Å². The number of benzene rings is 1. The molecule has 0 fully saturated rings. The van der Waals surface area contributed by atoms with Crippen LogP contribution in [0.1, 0.15) is 17.0 Å². The molecule has 110 valence electrons. The second-order valence-corrected chi connectivity index (χ2v) is 5.64. The van der Waals surface area contributed by atoms with Crippen LogP contribution in [0.3, 0.4) is 0 Å². The second-order valence-electron chi connectivity index (χ2n) is 4.76. The summed E-state index contributed by atoms with van der Waals surface area (Å²) in [5, 5.41) is 7.17. The first-order chi connectivity index (χ1) is 10.0. The fraction of sp³-hybridized carbons (Fsp3) is 0.250. The van der Waals surface area contributed by atoms with Gasteiger partial charge in [0.15, 0.2) is 0 Å². The van der Waals surface area contributed by atoms with Gasteiger partial charge in [0.05, 0.1) is 5.69 Å². The maximum Gasteiger partial charge on any atom is 0.248 e. The van der Waals surface area contributed by atoms with Crippen LogP contribution in [0.15, 0.2) is 35.2 Å². The van der Waals surface area contributed by atoms with Crippen LogP contribution >= 0.6 is 11.8 Å². The van der Waals surface area contributed by atoms with Crippen molar-refractivity contribution in [1.29, 1.82) is 0 Å². The Bertz CT molecular complexity index is 672. The van der Waals surface area contributed by atoms with Gasteiger partial charge < -0.3 is 5.32 Å². The minimum atomic E-state index is -0.144. The quantitative estimate of drug-likeness (QED) is 0.695. The molecule has 5 heteroatoms. The Morgan fingerprint density at radius 3 is 2.48 bits per heavy atom. The fourth-order valence-corrected chi connectivity index (χ4v) is 2.46. The minimum absolute atomic E-state index is 0.144. The van der Waals surface area contributed by atoms with Crippen LogP contribution in [-0.2, 0) is 11.8 Å². The molecule has 1 N–H and O–H groups in total. The first kappa shape index (κ1) is 15.4. The molecule has 1 amide bonds. The van der Waals surface area contributed by atoms with E-state index in [1.54, 1.807) is 17.8 Å². The number of hydrogen-bond donors (Lipinski definition) is 1. The Morgan fingerprint density at radius 1 is 1.29 bits per heavy atom. The summed E-state index contributed by atoms with van der Waals surface area (Å²) in [5.41, 5.74) is 3.75. The van der Waals surface area contributed by atoms with E-state index in [-0.39, 0.29) is 5.91 Å². The highest BCUT2D eigenvalue weighted by Gasteiger charge is 2.06. The molecule has 0 atom stereocenters. The summed E-state index contributed by atoms with van der Waals surface area (Å²) in [6.07, 6.45) is 5.37. The number of amides is 1. The normalized spacial score (nSPS) is 11.0. The van der Waals surface area contributed by atoms with Crippen molar-refractivity contribution in [1.82, 2.24) is 9.78 Å². The molecule has 0 aliphatic carbocycles. The van der Waals surface area contributed by atoms with Gasteiger partial charge in [-0.1, -0.05) is 0 Å². The van der Waals surface area contributed by atoms with Gasteiger partial charge in [0.2, 0.25) is 5.91 Å². The Morgan fingerprint density at radius 2 is 1.95 bits per heavy atom. The third-order valence-electron chi connectivity index (χ3n) is 3.32. The predicted molar refractivity (Wildman–Crippen MR) is 88.6 cm³/mol. The third-order valence-corrected chi connectivity index (χ3v) is 4.07. The molecule has 0 aliphatic rings. The second kappa shape index (κ2) is 6.63. The summed E-state index contributed by atoms with van der Waals surface area (Å²) in [4.78, 5) is 13.1. The molecule has 0 bridgehead atoms. The van der Waals surface area contributed by atoms with Crippen molar-refractivity contribution in [3.8, 4) is 0 Å². The Balaban J connectivity index is 2.05. The third kappa shape index (κ3) is 3.76. The monoisotopic (exact) mass is 301 g/mol. The van der Waals surface area contributed by atoms with Crippen molar-refractivity contribution >= 4 is 29.4 Å². The molecular weight excluding hydrogens is 282 g/mol. The van der Waals surface area contributed by atoms with E-state index >= 15 is 0 Å². The van der Waals surface area contributed by atoms with E-state index in [4.69, 9.17) is 0 Å². The number of nitrogens with one attached hydrogen (secondary N) is 1. The predicted octanol–water partition coefficient (Wildman–Crippen LogP) is 3.41. The van der Waals surface area contributed by atoms with E-state index < -0.39 is 0 Å². The summed E-state index contributed by atoms with van der Waals surface area (Å²) in [6, 6.07) is 7.77. The summed E-state index contributed by atoms with van der Waals surface area (Å²) in [6.45, 7) is 3.92. The lowest BCUT2D eigenvalue weighted by molar-refractivity contribution is -0.111. The van der Waals surface area contributed by atoms with Gasteiger partial charge in [0.1, 0.15) is 0 Å². The van der Waals surface area contributed by atoms with Gasteiger partial charge in [0.25, 0.3) is 0 Å². The number of hydrogen-bond acceptors (Lipinski definition) is 3. The zero-order valence-electron chi connectivity index (χ0n) is 12.7. The average Bonchev–Trinajstić information content (AvgIpc) is 2.71. The van der Waals surface area contributed by atoms with Crippen molar-refractivity contribution in [3.63, 3.8) is 0 Å². The van der Waals surface area contributed by atoms with E-state index in [1.807, 2.05) is 62.2 Å². The van der Waals surface area contributed by atoms with Crippen LogP contribution in [0.4, 0.5) is 5.69 Å². The molecule has 1 aromatic carbocycles. The molecule has 2 aromatic rings. The smallest absolute Gasteiger partial charge is 0.248 e. The molecule has 4 nitrogen and oxygen atoms in total. The molecule has 0 saturated heterocycles. The van der Waals surface area contributed by atoms with Crippen LogP contribution < -0.4 is 5.32 Å². The number of nitrogens with zero attached hydrogens (tertiary/aromatic N) is 2. The van der Waals surface area contributed by atoms with Gasteiger partial charge in [-0.3, -0.25) is 9.48 Å². The highest BCUT2D eigenvalue weighted by molar-refractivity contribution is 7.98. The molecule has 0 spiro atoms. The van der Waals surface area contributed by atoms with Gasteiger partial charge in [0, 0.05) is 35.0 Å². The van der Waals surface area contributed by atoms with Gasteiger partial charge in [-0.05, 0) is 50.4 Å². The molecule has 1 heterocycles. The summed E-state index contributed by atoms with van der Waals surface area (Å²) in [7, 11) is 1.90. The van der Waals surface area contributed by atoms with Crippen molar-refractivity contribution in [2.45, 2.75) is 18.7 Å². The molecule has 0 aliphatic heterocycles. The molecular formula is C16H19N3OS. The standard InChI is InChI=1S/C16H19N3OS/c1-11-15(12(2)19(3)18-11)9-10-16(20)17-13-5-7-14(21-4)8-6-13/h5-10H,1-4H3,(H,17,20)/b10-9+. The van der Waals surface area contributed by atoms with Crippen LogP contribution in [0.2, 0.25) is 0 Å². The number of thioether (sulfide) groups is 1. The lowest BCUT2D eigenvalue weighted by atomic mass is 10.2. The van der Waals surface area contributed by atoms with Gasteiger partial charge in [-0.2, -0.15) is 5.10 Å². The Kier molecular flexibility index (Phi) is 4.85. The number of aryl methyl sites for hydroxylation is 2. The number of rotatable bonds is 4. The molecule has 21 heavy (non-hydrogen) atoms. The molecule has 2 rings (SSSR count). The van der Waals surface area contributed by atoms with E-state index in [0.717, 1.165) is 22.6 Å². The van der Waals surface area contributed by atoms with Crippen molar-refractivity contribution in [2.24, 2.45) is 7.05 Å². The van der Waals surface area contributed by atoms with Gasteiger partial charge in [-0.25, -0.2) is 0 Å². The molecule has 0 unspecified atom stereocenters. The number of aromatic nitrogens is 2. The summed E-state index contributed by atoms with van der Waals surface area (Å²) in [5.74, 6) is -0.144. The van der Waals surface area contributed by atoms with Crippen molar-refractivity contribution in [3.05, 3.63) is 47.3 Å². The zero-order valence-corrected chi connectivity index (χ0v) is 13.5. The molecule has 1 aromatic heterocycles. The summed E-state index contributed by atoms with van der Waals surface area (Å²) < 4.78 is 1.81. The zero-order chi connectivity index (χ0) is 15.4. The molecule has 0 saturated carbocycles. The van der Waals surface area contributed by atoms with Crippen LogP contribution in [0.25, 0.3) is 6.08 Å². The number of anilines is 1. The maximum atomic E-state index is 11.9. The number of carbonyl (C=O) groups excluding carboxylic acids is 1. The van der Waals surface area contributed by atoms with E-state index in [1.165, 1.54) is 4.90 Å². The Hall–Kier alpha value is -2.01. The van der Waals surface area contributed by atoms with Crippen molar-refractivity contribution < 1.29 is 4.79 Å². The minimum Gasteiger partial charge on any atom is -0.323 e. The number of carbonyl (C=O) groups is 1. The van der Waals surface area contributed by atoms with Gasteiger partial charge in [-0.15, -0.1) is 11.8 Å². The molecule has 0 radical (unpaired) electrons. The first-order valence-corrected chi connectivity index (χ1v) is 7.87. The fourth-order valence-electron chi connectivity index (χ4n) is 2.05. The highest BCUT2D eigenvalue weighted by Crippen LogP contribution is 2.18. The van der Waals surface area contributed by atoms with E-state index in [2.05, 4.69) is 10.4 Å². The largest absolute Gasteiger partial charge is 0.323 e. The first-order valence-electron chi connectivity index (χ1n) is 6.64. The van der Waals surface area contributed by atoms with Crippen LogP contribution in [0, 0.1) is 13.8 Å². The SMILES string of the molecule is CSc1ccc(NC(=O)/C=C/c2c(C)nn(C)c2C)cc1. The summed E-state index contributed by atoms with van der Waals surface area (Å²) >= 11 is 1.67. The van der Waals surface area contributed by atoms with Crippen LogP contribution in [0.5, 0.6) is 0 Å². The van der Waals surface area contributed by atoms with Gasteiger partial charge >= 0.3 is 0 Å². The highest BCUT2D eigenvalue weighted by atomic mass is 32.2. The average molecular weight is 301 g/mol. The lowest BCUT2D eigenvalue weighted by Crippen LogP contribution is -2.07. The topological polar surface area (TPSA) is 46.9 Å². The maximum absolute atomic E-state index is 11.9.